The van der Waals surface area contributed by atoms with E-state index in [-0.39, 0.29) is 4.90 Å². The molecular formula is C21H24ClN3O3S2. The van der Waals surface area contributed by atoms with Crippen molar-refractivity contribution >= 4 is 54.0 Å². The summed E-state index contributed by atoms with van der Waals surface area (Å²) in [7, 11) is 0.00949. The Bertz CT molecular complexity index is 1140. The van der Waals surface area contributed by atoms with E-state index in [1.807, 2.05) is 37.2 Å². The molecule has 0 saturated heterocycles. The second-order valence-electron chi connectivity index (χ2n) is 7.18. The van der Waals surface area contributed by atoms with Crippen LogP contribution >= 0.6 is 22.9 Å². The number of carbonyl (C=O) groups is 1. The van der Waals surface area contributed by atoms with Crippen LogP contribution in [0.3, 0.4) is 0 Å². The smallest absolute Gasteiger partial charge is 0.244 e. The minimum Gasteiger partial charge on any atom is -0.308 e. The molecule has 0 unspecified atom stereocenters. The Morgan fingerprint density at radius 2 is 1.80 bits per heavy atom. The summed E-state index contributed by atoms with van der Waals surface area (Å²) in [5.74, 6) is -1.12. The number of aromatic nitrogens is 1. The van der Waals surface area contributed by atoms with Crippen molar-refractivity contribution in [2.24, 2.45) is 0 Å². The third-order valence-corrected chi connectivity index (χ3v) is 7.57. The molecule has 6 nitrogen and oxygen atoms in total. The molecule has 0 spiro atoms. The number of sulfone groups is 1. The minimum absolute atomic E-state index is 0.0744. The van der Waals surface area contributed by atoms with Crippen LogP contribution < -0.4 is 4.90 Å². The first-order valence-electron chi connectivity index (χ1n) is 9.53. The molecule has 0 radical (unpaired) electrons. The number of fused-ring (bicyclic) bond motifs is 1. The van der Waals surface area contributed by atoms with Gasteiger partial charge in [-0.05, 0) is 56.4 Å². The molecule has 160 valence electrons. The second-order valence-corrected chi connectivity index (χ2v) is 10.6. The van der Waals surface area contributed by atoms with E-state index in [1.165, 1.54) is 40.5 Å². The molecule has 1 heterocycles. The van der Waals surface area contributed by atoms with Gasteiger partial charge in [0, 0.05) is 18.1 Å². The van der Waals surface area contributed by atoms with E-state index in [4.69, 9.17) is 16.6 Å². The maximum Gasteiger partial charge on any atom is 0.244 e. The number of rotatable bonds is 8. The van der Waals surface area contributed by atoms with Crippen molar-refractivity contribution in [1.82, 2.24) is 9.88 Å². The molecule has 0 fully saturated rings. The number of aryl methyl sites for hydroxylation is 1. The number of carbonyl (C=O) groups excluding carboxylic acids is 1. The lowest BCUT2D eigenvalue weighted by Crippen LogP contribution is -2.40. The molecule has 30 heavy (non-hydrogen) atoms. The lowest BCUT2D eigenvalue weighted by molar-refractivity contribution is -0.116. The molecule has 0 atom stereocenters. The van der Waals surface area contributed by atoms with Crippen LogP contribution in [0.1, 0.15) is 12.5 Å². The summed E-state index contributed by atoms with van der Waals surface area (Å²) in [5, 5.41) is 0.957. The number of amides is 1. The van der Waals surface area contributed by atoms with Crippen LogP contribution in [0.2, 0.25) is 5.02 Å². The van der Waals surface area contributed by atoms with E-state index in [9.17, 15) is 13.2 Å². The van der Waals surface area contributed by atoms with Crippen LogP contribution in [0, 0.1) is 0 Å². The fourth-order valence-corrected chi connectivity index (χ4v) is 5.37. The summed E-state index contributed by atoms with van der Waals surface area (Å²) in [4.78, 5) is 21.3. The van der Waals surface area contributed by atoms with Gasteiger partial charge in [0.1, 0.15) is 5.75 Å². The molecule has 0 N–H and O–H groups in total. The quantitative estimate of drug-likeness (QED) is 0.505. The molecule has 9 heteroatoms. The highest BCUT2D eigenvalue weighted by Gasteiger charge is 2.26. The normalized spacial score (nSPS) is 11.9. The molecule has 0 aliphatic heterocycles. The third-order valence-electron chi connectivity index (χ3n) is 4.66. The van der Waals surface area contributed by atoms with Crippen LogP contribution in [0.25, 0.3) is 10.2 Å². The Hall–Kier alpha value is -2.00. The van der Waals surface area contributed by atoms with Crippen LogP contribution in [0.15, 0.2) is 47.4 Å². The number of hydrogen-bond donors (Lipinski definition) is 0. The van der Waals surface area contributed by atoms with Gasteiger partial charge in [0.15, 0.2) is 15.0 Å². The molecule has 1 aromatic heterocycles. The molecular weight excluding hydrogens is 442 g/mol. The summed E-state index contributed by atoms with van der Waals surface area (Å²) < 4.78 is 26.5. The van der Waals surface area contributed by atoms with Gasteiger partial charge in [-0.25, -0.2) is 13.4 Å². The number of benzene rings is 2. The van der Waals surface area contributed by atoms with Gasteiger partial charge in [-0.1, -0.05) is 42.0 Å². The summed E-state index contributed by atoms with van der Waals surface area (Å²) in [6, 6.07) is 11.8. The number of para-hydroxylation sites is 1. The maximum atomic E-state index is 13.1. The fraction of sp³-hybridized carbons (Fsp3) is 0.333. The molecule has 3 rings (SSSR count). The van der Waals surface area contributed by atoms with Crippen LogP contribution in [-0.2, 0) is 21.1 Å². The Balaban J connectivity index is 1.93. The monoisotopic (exact) mass is 465 g/mol. The van der Waals surface area contributed by atoms with Gasteiger partial charge in [-0.2, -0.15) is 0 Å². The molecule has 0 bridgehead atoms. The van der Waals surface area contributed by atoms with E-state index in [2.05, 4.69) is 6.92 Å². The standard InChI is InChI=1S/C21H24ClN3O3S2/c1-4-15-6-5-7-18-20(15)23-21(29-18)25(13-12-24(2)3)19(26)14-30(27,28)17-10-8-16(22)9-11-17/h5-11H,4,12-14H2,1-3H3. The third kappa shape index (κ3) is 5.18. The van der Waals surface area contributed by atoms with Crippen molar-refractivity contribution in [3.05, 3.63) is 53.1 Å². The molecule has 0 aliphatic carbocycles. The van der Waals surface area contributed by atoms with Crippen molar-refractivity contribution in [3.63, 3.8) is 0 Å². The second kappa shape index (κ2) is 9.43. The predicted molar refractivity (Wildman–Crippen MR) is 123 cm³/mol. The predicted octanol–water partition coefficient (Wildman–Crippen LogP) is 3.88. The van der Waals surface area contributed by atoms with Crippen LogP contribution in [0.4, 0.5) is 5.13 Å². The summed E-state index contributed by atoms with van der Waals surface area (Å²) in [5.41, 5.74) is 1.96. The summed E-state index contributed by atoms with van der Waals surface area (Å²) in [6.07, 6.45) is 0.830. The molecule has 0 saturated carbocycles. The first-order chi connectivity index (χ1) is 14.2. The lowest BCUT2D eigenvalue weighted by atomic mass is 10.1. The zero-order valence-electron chi connectivity index (χ0n) is 17.1. The summed E-state index contributed by atoms with van der Waals surface area (Å²) >= 11 is 7.25. The van der Waals surface area contributed by atoms with E-state index < -0.39 is 21.5 Å². The van der Waals surface area contributed by atoms with E-state index >= 15 is 0 Å². The van der Waals surface area contributed by atoms with Gasteiger partial charge < -0.3 is 4.90 Å². The molecule has 1 amide bonds. The number of hydrogen-bond acceptors (Lipinski definition) is 6. The van der Waals surface area contributed by atoms with Gasteiger partial charge in [0.2, 0.25) is 5.91 Å². The Morgan fingerprint density at radius 3 is 2.43 bits per heavy atom. The van der Waals surface area contributed by atoms with E-state index in [0.29, 0.717) is 23.2 Å². The van der Waals surface area contributed by atoms with Crippen molar-refractivity contribution in [2.45, 2.75) is 18.2 Å². The highest BCUT2D eigenvalue weighted by Crippen LogP contribution is 2.31. The zero-order chi connectivity index (χ0) is 21.9. The van der Waals surface area contributed by atoms with E-state index in [1.54, 1.807) is 0 Å². The average Bonchev–Trinajstić information content (AvgIpc) is 3.11. The summed E-state index contributed by atoms with van der Waals surface area (Å²) in [6.45, 7) is 2.99. The maximum absolute atomic E-state index is 13.1. The van der Waals surface area contributed by atoms with Gasteiger partial charge in [0.05, 0.1) is 15.1 Å². The number of nitrogens with zero attached hydrogens (tertiary/aromatic N) is 3. The zero-order valence-corrected chi connectivity index (χ0v) is 19.5. The molecule has 3 aromatic rings. The largest absolute Gasteiger partial charge is 0.308 e. The van der Waals surface area contributed by atoms with Crippen molar-refractivity contribution in [3.8, 4) is 0 Å². The van der Waals surface area contributed by atoms with Crippen LogP contribution in [0.5, 0.6) is 0 Å². The van der Waals surface area contributed by atoms with Gasteiger partial charge in [-0.3, -0.25) is 9.69 Å². The molecule has 2 aromatic carbocycles. The fourth-order valence-electron chi connectivity index (χ4n) is 2.99. The highest BCUT2D eigenvalue weighted by atomic mass is 35.5. The van der Waals surface area contributed by atoms with E-state index in [0.717, 1.165) is 22.2 Å². The minimum atomic E-state index is -3.80. The number of anilines is 1. The van der Waals surface area contributed by atoms with Gasteiger partial charge in [0.25, 0.3) is 0 Å². The first-order valence-corrected chi connectivity index (χ1v) is 12.4. The Morgan fingerprint density at radius 1 is 1.10 bits per heavy atom. The van der Waals surface area contributed by atoms with Gasteiger partial charge in [-0.15, -0.1) is 0 Å². The highest BCUT2D eigenvalue weighted by molar-refractivity contribution is 7.92. The Labute approximate surface area is 186 Å². The van der Waals surface area contributed by atoms with Crippen molar-refractivity contribution < 1.29 is 13.2 Å². The number of likely N-dealkylation sites (N-methyl/N-ethyl adjacent to an activating group) is 1. The SMILES string of the molecule is CCc1cccc2sc(N(CCN(C)C)C(=O)CS(=O)(=O)c3ccc(Cl)cc3)nc12. The van der Waals surface area contributed by atoms with Crippen molar-refractivity contribution in [2.75, 3.05) is 37.8 Å². The van der Waals surface area contributed by atoms with Crippen molar-refractivity contribution in [1.29, 1.82) is 0 Å². The number of halogens is 1. The lowest BCUT2D eigenvalue weighted by Gasteiger charge is -2.22. The van der Waals surface area contributed by atoms with Gasteiger partial charge >= 0.3 is 0 Å². The average molecular weight is 466 g/mol. The first kappa shape index (κ1) is 22.7. The number of thiazole rings is 1. The Kier molecular flexibility index (Phi) is 7.13. The topological polar surface area (TPSA) is 70.6 Å². The van der Waals surface area contributed by atoms with Crippen LogP contribution in [-0.4, -0.2) is 57.1 Å². The molecule has 0 aliphatic rings.